The van der Waals surface area contributed by atoms with Gasteiger partial charge in [-0.2, -0.15) is 0 Å². The van der Waals surface area contributed by atoms with Crippen LogP contribution in [0.1, 0.15) is 36.5 Å². The van der Waals surface area contributed by atoms with Gasteiger partial charge in [0.2, 0.25) is 0 Å². The van der Waals surface area contributed by atoms with Crippen LogP contribution in [0.15, 0.2) is 18.2 Å². The molecule has 5 nitrogen and oxygen atoms in total. The van der Waals surface area contributed by atoms with Crippen LogP contribution in [0.3, 0.4) is 0 Å². The summed E-state index contributed by atoms with van der Waals surface area (Å²) in [5.74, 6) is 1.50. The summed E-state index contributed by atoms with van der Waals surface area (Å²) in [6.07, 6.45) is 2.61. The second kappa shape index (κ2) is 7.88. The number of carbonyl (C=O) groups is 1. The number of rotatable bonds is 6. The molecule has 2 N–H and O–H groups in total. The van der Waals surface area contributed by atoms with E-state index in [1.54, 1.807) is 18.2 Å². The maximum Gasteiger partial charge on any atom is 0.251 e. The normalized spacial score (nSPS) is 15.1. The summed E-state index contributed by atoms with van der Waals surface area (Å²) in [5, 5.41) is 11.8. The molecular weight excluding hydrogens is 270 g/mol. The topological polar surface area (TPSA) is 67.8 Å². The molecule has 1 aliphatic heterocycles. The Bertz CT molecular complexity index is 475. The molecule has 21 heavy (non-hydrogen) atoms. The Hall–Kier alpha value is -1.75. The van der Waals surface area contributed by atoms with Crippen molar-refractivity contribution in [3.8, 4) is 11.5 Å². The van der Waals surface area contributed by atoms with Crippen molar-refractivity contribution < 1.29 is 19.4 Å². The predicted octanol–water partition coefficient (Wildman–Crippen LogP) is 1.99. The molecule has 1 atom stereocenters. The Balaban J connectivity index is 1.86. The smallest absolute Gasteiger partial charge is 0.251 e. The van der Waals surface area contributed by atoms with Gasteiger partial charge in [0.05, 0.1) is 13.2 Å². The molecule has 0 aromatic heterocycles. The lowest BCUT2D eigenvalue weighted by atomic mass is 10.1. The molecule has 1 aromatic rings. The highest BCUT2D eigenvalue weighted by Crippen LogP contribution is 2.30. The number of amides is 1. The Morgan fingerprint density at radius 1 is 1.33 bits per heavy atom. The van der Waals surface area contributed by atoms with Crippen LogP contribution >= 0.6 is 0 Å². The SMILES string of the molecule is CC(CO)CCCNC(=O)c1ccc2c(c1)OCCCO2. The third-order valence-corrected chi connectivity index (χ3v) is 3.48. The van der Waals surface area contributed by atoms with Gasteiger partial charge in [-0.1, -0.05) is 6.92 Å². The van der Waals surface area contributed by atoms with Crippen LogP contribution < -0.4 is 14.8 Å². The number of aliphatic hydroxyl groups excluding tert-OH is 1. The molecule has 0 saturated heterocycles. The van der Waals surface area contributed by atoms with E-state index in [0.29, 0.717) is 36.8 Å². The van der Waals surface area contributed by atoms with Gasteiger partial charge in [0, 0.05) is 25.1 Å². The van der Waals surface area contributed by atoms with Crippen LogP contribution in [-0.4, -0.2) is 37.4 Å². The molecule has 1 unspecified atom stereocenters. The summed E-state index contributed by atoms with van der Waals surface area (Å²) >= 11 is 0. The van der Waals surface area contributed by atoms with Crippen molar-refractivity contribution in [2.24, 2.45) is 5.92 Å². The van der Waals surface area contributed by atoms with Gasteiger partial charge < -0.3 is 19.9 Å². The van der Waals surface area contributed by atoms with Crippen molar-refractivity contribution in [1.82, 2.24) is 5.32 Å². The Labute approximate surface area is 125 Å². The number of nitrogens with one attached hydrogen (secondary N) is 1. The van der Waals surface area contributed by atoms with E-state index in [1.165, 1.54) is 0 Å². The van der Waals surface area contributed by atoms with Crippen molar-refractivity contribution in [3.05, 3.63) is 23.8 Å². The lowest BCUT2D eigenvalue weighted by Gasteiger charge is -2.11. The summed E-state index contributed by atoms with van der Waals surface area (Å²) < 4.78 is 11.1. The zero-order valence-corrected chi connectivity index (χ0v) is 12.4. The Kier molecular flexibility index (Phi) is 5.87. The van der Waals surface area contributed by atoms with Crippen LogP contribution in [0, 0.1) is 5.92 Å². The van der Waals surface area contributed by atoms with Crippen LogP contribution in [0.2, 0.25) is 0 Å². The van der Waals surface area contributed by atoms with Crippen LogP contribution in [0.5, 0.6) is 11.5 Å². The zero-order chi connectivity index (χ0) is 15.1. The standard InChI is InChI=1S/C16H23NO4/c1-12(11-18)4-2-7-17-16(19)13-5-6-14-15(10-13)21-9-3-8-20-14/h5-6,10,12,18H,2-4,7-9,11H2,1H3,(H,17,19). The van der Waals surface area contributed by atoms with E-state index in [1.807, 2.05) is 6.92 Å². The van der Waals surface area contributed by atoms with E-state index in [9.17, 15) is 4.79 Å². The molecule has 5 heteroatoms. The molecule has 1 aromatic carbocycles. The summed E-state index contributed by atoms with van der Waals surface area (Å²) in [6, 6.07) is 5.26. The Morgan fingerprint density at radius 3 is 2.86 bits per heavy atom. The van der Waals surface area contributed by atoms with Crippen molar-refractivity contribution in [1.29, 1.82) is 0 Å². The molecule has 1 amide bonds. The molecule has 0 saturated carbocycles. The molecule has 0 fully saturated rings. The summed E-state index contributed by atoms with van der Waals surface area (Å²) in [5.41, 5.74) is 0.578. The molecule has 2 rings (SSSR count). The third-order valence-electron chi connectivity index (χ3n) is 3.48. The summed E-state index contributed by atoms with van der Waals surface area (Å²) in [7, 11) is 0. The number of ether oxygens (including phenoxy) is 2. The molecule has 116 valence electrons. The van der Waals surface area contributed by atoms with Gasteiger partial charge in [-0.05, 0) is 37.0 Å². The van der Waals surface area contributed by atoms with Crippen molar-refractivity contribution in [2.75, 3.05) is 26.4 Å². The van der Waals surface area contributed by atoms with E-state index in [2.05, 4.69) is 5.32 Å². The molecule has 0 radical (unpaired) electrons. The lowest BCUT2D eigenvalue weighted by molar-refractivity contribution is 0.0951. The first kappa shape index (κ1) is 15.6. The average molecular weight is 293 g/mol. The second-order valence-corrected chi connectivity index (χ2v) is 5.40. The number of aliphatic hydroxyl groups is 1. The maximum atomic E-state index is 12.1. The zero-order valence-electron chi connectivity index (χ0n) is 12.4. The minimum absolute atomic E-state index is 0.109. The lowest BCUT2D eigenvalue weighted by Crippen LogP contribution is -2.24. The first-order valence-corrected chi connectivity index (χ1v) is 7.49. The Morgan fingerprint density at radius 2 is 2.10 bits per heavy atom. The fourth-order valence-electron chi connectivity index (χ4n) is 2.15. The van der Waals surface area contributed by atoms with Gasteiger partial charge in [0.25, 0.3) is 5.91 Å². The number of carbonyl (C=O) groups excluding carboxylic acids is 1. The van der Waals surface area contributed by atoms with E-state index in [0.717, 1.165) is 19.3 Å². The number of benzene rings is 1. The van der Waals surface area contributed by atoms with Gasteiger partial charge >= 0.3 is 0 Å². The van der Waals surface area contributed by atoms with Gasteiger partial charge in [-0.3, -0.25) is 4.79 Å². The first-order chi connectivity index (χ1) is 10.2. The minimum atomic E-state index is -0.109. The van der Waals surface area contributed by atoms with Gasteiger partial charge in [-0.15, -0.1) is 0 Å². The molecule has 0 bridgehead atoms. The fourth-order valence-corrected chi connectivity index (χ4v) is 2.15. The quantitative estimate of drug-likeness (QED) is 0.787. The predicted molar refractivity (Wildman–Crippen MR) is 79.9 cm³/mol. The van der Waals surface area contributed by atoms with Gasteiger partial charge in [-0.25, -0.2) is 0 Å². The minimum Gasteiger partial charge on any atom is -0.490 e. The first-order valence-electron chi connectivity index (χ1n) is 7.49. The van der Waals surface area contributed by atoms with E-state index < -0.39 is 0 Å². The average Bonchev–Trinajstić information content (AvgIpc) is 2.75. The van der Waals surface area contributed by atoms with E-state index in [-0.39, 0.29) is 18.4 Å². The highest BCUT2D eigenvalue weighted by Gasteiger charge is 2.13. The fraction of sp³-hybridized carbons (Fsp3) is 0.562. The largest absolute Gasteiger partial charge is 0.490 e. The molecule has 0 aliphatic carbocycles. The van der Waals surface area contributed by atoms with Crippen molar-refractivity contribution in [2.45, 2.75) is 26.2 Å². The van der Waals surface area contributed by atoms with Gasteiger partial charge in [0.15, 0.2) is 11.5 Å². The summed E-state index contributed by atoms with van der Waals surface area (Å²) in [6.45, 7) is 4.04. The van der Waals surface area contributed by atoms with E-state index >= 15 is 0 Å². The van der Waals surface area contributed by atoms with Crippen LogP contribution in [-0.2, 0) is 0 Å². The highest BCUT2D eigenvalue weighted by atomic mass is 16.5. The van der Waals surface area contributed by atoms with Gasteiger partial charge in [0.1, 0.15) is 0 Å². The van der Waals surface area contributed by atoms with Crippen LogP contribution in [0.25, 0.3) is 0 Å². The highest BCUT2D eigenvalue weighted by molar-refractivity contribution is 5.94. The van der Waals surface area contributed by atoms with Crippen LogP contribution in [0.4, 0.5) is 0 Å². The molecule has 1 aliphatic rings. The van der Waals surface area contributed by atoms with Crippen molar-refractivity contribution in [3.63, 3.8) is 0 Å². The number of hydrogen-bond donors (Lipinski definition) is 2. The van der Waals surface area contributed by atoms with E-state index in [4.69, 9.17) is 14.6 Å². The number of fused-ring (bicyclic) bond motifs is 1. The second-order valence-electron chi connectivity index (χ2n) is 5.40. The third kappa shape index (κ3) is 4.63. The molecular formula is C16H23NO4. The summed E-state index contributed by atoms with van der Waals surface area (Å²) in [4.78, 5) is 12.1. The number of hydrogen-bond acceptors (Lipinski definition) is 4. The molecule has 0 spiro atoms. The molecule has 1 heterocycles. The monoisotopic (exact) mass is 293 g/mol. The van der Waals surface area contributed by atoms with Crippen molar-refractivity contribution >= 4 is 5.91 Å². The maximum absolute atomic E-state index is 12.1.